The van der Waals surface area contributed by atoms with Gasteiger partial charge in [-0.1, -0.05) is 12.1 Å². The quantitative estimate of drug-likeness (QED) is 0.570. The standard InChI is InChI=1S/C20H17FN4O4/c1-23(11-14-4-2-3-13(7-14)10-22)20(27)15-8-19(26)24(12-15)16-5-6-17(21)18(9-16)25(28)29/h2-7,9,15H,8,11-12H2,1H3. The molecule has 2 aromatic rings. The summed E-state index contributed by atoms with van der Waals surface area (Å²) in [5.41, 5.74) is 0.737. The number of carbonyl (C=O) groups is 2. The van der Waals surface area contributed by atoms with Crippen molar-refractivity contribution in [2.75, 3.05) is 18.5 Å². The molecule has 2 amide bonds. The summed E-state index contributed by atoms with van der Waals surface area (Å²) in [7, 11) is 1.61. The molecular formula is C20H17FN4O4. The van der Waals surface area contributed by atoms with Crippen molar-refractivity contribution in [1.82, 2.24) is 4.90 Å². The predicted molar refractivity (Wildman–Crippen MR) is 101 cm³/mol. The Bertz CT molecular complexity index is 1030. The highest BCUT2D eigenvalue weighted by molar-refractivity contribution is 6.00. The van der Waals surface area contributed by atoms with Crippen LogP contribution in [-0.4, -0.2) is 35.2 Å². The number of nitrogens with zero attached hydrogens (tertiary/aromatic N) is 4. The zero-order chi connectivity index (χ0) is 21.1. The van der Waals surface area contributed by atoms with Crippen LogP contribution >= 0.6 is 0 Å². The largest absolute Gasteiger partial charge is 0.341 e. The summed E-state index contributed by atoms with van der Waals surface area (Å²) in [5.74, 6) is -2.21. The minimum Gasteiger partial charge on any atom is -0.341 e. The Balaban J connectivity index is 1.72. The van der Waals surface area contributed by atoms with Crippen LogP contribution in [0.25, 0.3) is 0 Å². The van der Waals surface area contributed by atoms with Gasteiger partial charge in [0.05, 0.1) is 28.2 Å². The van der Waals surface area contributed by atoms with Crippen LogP contribution < -0.4 is 4.90 Å². The minimum atomic E-state index is -0.989. The normalized spacial score (nSPS) is 15.8. The zero-order valence-electron chi connectivity index (χ0n) is 15.5. The number of nitro groups is 1. The summed E-state index contributed by atoms with van der Waals surface area (Å²) < 4.78 is 13.6. The van der Waals surface area contributed by atoms with Crippen LogP contribution in [0, 0.1) is 33.2 Å². The first-order chi connectivity index (χ1) is 13.8. The Labute approximate surface area is 165 Å². The van der Waals surface area contributed by atoms with Crippen LogP contribution in [0.5, 0.6) is 0 Å². The third-order valence-corrected chi connectivity index (χ3v) is 4.76. The van der Waals surface area contributed by atoms with E-state index in [2.05, 4.69) is 0 Å². The summed E-state index contributed by atoms with van der Waals surface area (Å²) in [5, 5.41) is 19.9. The van der Waals surface area contributed by atoms with E-state index >= 15 is 0 Å². The van der Waals surface area contributed by atoms with Gasteiger partial charge < -0.3 is 9.80 Å². The van der Waals surface area contributed by atoms with E-state index in [4.69, 9.17) is 5.26 Å². The van der Waals surface area contributed by atoms with Crippen molar-refractivity contribution in [2.45, 2.75) is 13.0 Å². The summed E-state index contributed by atoms with van der Waals surface area (Å²) in [6, 6.07) is 12.1. The summed E-state index contributed by atoms with van der Waals surface area (Å²) in [6.45, 7) is 0.337. The molecule has 1 unspecified atom stereocenters. The molecule has 0 saturated carbocycles. The molecule has 3 rings (SSSR count). The number of benzene rings is 2. The first-order valence-corrected chi connectivity index (χ1v) is 8.78. The second-order valence-corrected chi connectivity index (χ2v) is 6.80. The third-order valence-electron chi connectivity index (χ3n) is 4.76. The Morgan fingerprint density at radius 3 is 2.83 bits per heavy atom. The lowest BCUT2D eigenvalue weighted by molar-refractivity contribution is -0.387. The molecule has 0 N–H and O–H groups in total. The minimum absolute atomic E-state index is 0.0351. The van der Waals surface area contributed by atoms with Gasteiger partial charge in [0, 0.05) is 32.6 Å². The highest BCUT2D eigenvalue weighted by Crippen LogP contribution is 2.30. The maximum atomic E-state index is 13.6. The summed E-state index contributed by atoms with van der Waals surface area (Å²) >= 11 is 0. The Hall–Kier alpha value is -3.80. The van der Waals surface area contributed by atoms with Crippen molar-refractivity contribution >= 4 is 23.2 Å². The number of amides is 2. The number of nitriles is 1. The van der Waals surface area contributed by atoms with E-state index in [1.165, 1.54) is 15.9 Å². The summed E-state index contributed by atoms with van der Waals surface area (Å²) in [6.07, 6.45) is -0.0351. The van der Waals surface area contributed by atoms with Gasteiger partial charge in [-0.3, -0.25) is 19.7 Å². The number of rotatable bonds is 5. The Morgan fingerprint density at radius 1 is 1.38 bits per heavy atom. The van der Waals surface area contributed by atoms with Crippen LogP contribution in [0.15, 0.2) is 42.5 Å². The molecule has 0 radical (unpaired) electrons. The molecule has 1 aliphatic rings. The van der Waals surface area contributed by atoms with E-state index in [1.807, 2.05) is 6.07 Å². The monoisotopic (exact) mass is 396 g/mol. The molecule has 1 saturated heterocycles. The van der Waals surface area contributed by atoms with Gasteiger partial charge in [0.25, 0.3) is 0 Å². The number of nitro benzene ring substituents is 1. The van der Waals surface area contributed by atoms with Crippen LogP contribution in [0.1, 0.15) is 17.5 Å². The molecule has 8 nitrogen and oxygen atoms in total. The smallest absolute Gasteiger partial charge is 0.306 e. The molecule has 0 bridgehead atoms. The first-order valence-electron chi connectivity index (χ1n) is 8.78. The van der Waals surface area contributed by atoms with Gasteiger partial charge in [-0.2, -0.15) is 9.65 Å². The molecule has 0 spiro atoms. The maximum absolute atomic E-state index is 13.6. The lowest BCUT2D eigenvalue weighted by Crippen LogP contribution is -2.34. The number of carbonyl (C=O) groups excluding carboxylic acids is 2. The SMILES string of the molecule is CN(Cc1cccc(C#N)c1)C(=O)C1CC(=O)N(c2ccc(F)c([N+](=O)[O-])c2)C1. The van der Waals surface area contributed by atoms with E-state index < -0.39 is 22.3 Å². The lowest BCUT2D eigenvalue weighted by atomic mass is 10.1. The average Bonchev–Trinajstić information content (AvgIpc) is 3.09. The lowest BCUT2D eigenvalue weighted by Gasteiger charge is -2.21. The fourth-order valence-corrected chi connectivity index (χ4v) is 3.33. The fourth-order valence-electron chi connectivity index (χ4n) is 3.33. The molecule has 0 aliphatic carbocycles. The van der Waals surface area contributed by atoms with Crippen molar-refractivity contribution in [3.05, 3.63) is 69.5 Å². The van der Waals surface area contributed by atoms with Crippen molar-refractivity contribution in [2.24, 2.45) is 5.92 Å². The number of hydrogen-bond acceptors (Lipinski definition) is 5. The van der Waals surface area contributed by atoms with Gasteiger partial charge in [-0.25, -0.2) is 0 Å². The van der Waals surface area contributed by atoms with E-state index in [-0.39, 0.29) is 37.0 Å². The van der Waals surface area contributed by atoms with E-state index in [0.29, 0.717) is 5.56 Å². The second kappa shape index (κ2) is 8.06. The number of anilines is 1. The Kier molecular flexibility index (Phi) is 5.54. The third kappa shape index (κ3) is 4.21. The van der Waals surface area contributed by atoms with Crippen LogP contribution in [0.4, 0.5) is 15.8 Å². The molecule has 148 valence electrons. The molecule has 1 atom stereocenters. The van der Waals surface area contributed by atoms with Crippen molar-refractivity contribution < 1.29 is 18.9 Å². The van der Waals surface area contributed by atoms with Crippen molar-refractivity contribution in [1.29, 1.82) is 5.26 Å². The topological polar surface area (TPSA) is 108 Å². The molecule has 9 heteroatoms. The highest BCUT2D eigenvalue weighted by atomic mass is 19.1. The first kappa shape index (κ1) is 19.9. The van der Waals surface area contributed by atoms with Gasteiger partial charge in [0.15, 0.2) is 0 Å². The van der Waals surface area contributed by atoms with Gasteiger partial charge in [-0.15, -0.1) is 0 Å². The van der Waals surface area contributed by atoms with Gasteiger partial charge in [0.2, 0.25) is 17.6 Å². The Morgan fingerprint density at radius 2 is 2.14 bits per heavy atom. The van der Waals surface area contributed by atoms with Gasteiger partial charge in [-0.05, 0) is 29.8 Å². The zero-order valence-corrected chi connectivity index (χ0v) is 15.5. The molecule has 29 heavy (non-hydrogen) atoms. The molecule has 1 aliphatic heterocycles. The number of halogens is 1. The molecule has 1 heterocycles. The average molecular weight is 396 g/mol. The van der Waals surface area contributed by atoms with Gasteiger partial charge in [0.1, 0.15) is 0 Å². The van der Waals surface area contributed by atoms with Crippen LogP contribution in [-0.2, 0) is 16.1 Å². The molecular weight excluding hydrogens is 379 g/mol. The number of hydrogen-bond donors (Lipinski definition) is 0. The summed E-state index contributed by atoms with van der Waals surface area (Å²) in [4.78, 5) is 38.0. The molecule has 2 aromatic carbocycles. The van der Waals surface area contributed by atoms with Crippen LogP contribution in [0.3, 0.4) is 0 Å². The second-order valence-electron chi connectivity index (χ2n) is 6.80. The van der Waals surface area contributed by atoms with E-state index in [9.17, 15) is 24.1 Å². The molecule has 0 aromatic heterocycles. The van der Waals surface area contributed by atoms with E-state index in [1.54, 1.807) is 31.3 Å². The maximum Gasteiger partial charge on any atom is 0.306 e. The van der Waals surface area contributed by atoms with Crippen LogP contribution in [0.2, 0.25) is 0 Å². The molecule has 1 fully saturated rings. The van der Waals surface area contributed by atoms with E-state index in [0.717, 1.165) is 17.7 Å². The predicted octanol–water partition coefficient (Wildman–Crippen LogP) is 2.62. The fraction of sp³-hybridized carbons (Fsp3) is 0.250. The van der Waals surface area contributed by atoms with Gasteiger partial charge >= 0.3 is 5.69 Å². The van der Waals surface area contributed by atoms with Crippen molar-refractivity contribution in [3.63, 3.8) is 0 Å². The van der Waals surface area contributed by atoms with Crippen molar-refractivity contribution in [3.8, 4) is 6.07 Å². The highest BCUT2D eigenvalue weighted by Gasteiger charge is 2.37.